The van der Waals surface area contributed by atoms with Crippen molar-refractivity contribution in [1.29, 1.82) is 5.26 Å². The van der Waals surface area contributed by atoms with Crippen LogP contribution in [0, 0.1) is 24.1 Å². The molecule has 96 valence electrons. The minimum atomic E-state index is -1.19. The number of hydrogen-bond donors (Lipinski definition) is 0. The van der Waals surface area contributed by atoms with Gasteiger partial charge in [0.25, 0.3) is 0 Å². The van der Waals surface area contributed by atoms with Crippen molar-refractivity contribution in [2.45, 2.75) is 17.6 Å². The standard InChI is InChI=1S/C15H12FNOS/c1-11-4-2-3-5-15(11)19(18)10-12-6-7-14(16)13(8-12)9-17/h2-8H,10H2,1H3. The molecule has 0 saturated heterocycles. The topological polar surface area (TPSA) is 40.9 Å². The zero-order valence-electron chi connectivity index (χ0n) is 10.4. The van der Waals surface area contributed by atoms with E-state index in [1.165, 1.54) is 12.1 Å². The van der Waals surface area contributed by atoms with Crippen LogP contribution in [-0.2, 0) is 16.6 Å². The maximum absolute atomic E-state index is 13.2. The molecule has 4 heteroatoms. The molecule has 0 radical (unpaired) electrons. The Morgan fingerprint density at radius 3 is 2.68 bits per heavy atom. The first-order valence-corrected chi connectivity index (χ1v) is 7.06. The molecule has 1 atom stereocenters. The van der Waals surface area contributed by atoms with E-state index in [0.717, 1.165) is 10.5 Å². The quantitative estimate of drug-likeness (QED) is 0.860. The van der Waals surface area contributed by atoms with Crippen LogP contribution in [0.3, 0.4) is 0 Å². The Morgan fingerprint density at radius 1 is 1.26 bits per heavy atom. The second kappa shape index (κ2) is 5.77. The molecule has 19 heavy (non-hydrogen) atoms. The van der Waals surface area contributed by atoms with Gasteiger partial charge in [0.05, 0.1) is 22.1 Å². The third kappa shape index (κ3) is 3.07. The van der Waals surface area contributed by atoms with Gasteiger partial charge in [0.1, 0.15) is 11.9 Å². The smallest absolute Gasteiger partial charge is 0.140 e. The fraction of sp³-hybridized carbons (Fsp3) is 0.133. The normalized spacial score (nSPS) is 11.8. The minimum absolute atomic E-state index is 0.0146. The van der Waals surface area contributed by atoms with Gasteiger partial charge < -0.3 is 0 Å². The summed E-state index contributed by atoms with van der Waals surface area (Å²) in [7, 11) is -1.19. The van der Waals surface area contributed by atoms with E-state index in [1.807, 2.05) is 31.2 Å². The average molecular weight is 273 g/mol. The third-order valence-electron chi connectivity index (χ3n) is 2.79. The predicted octanol–water partition coefficient (Wildman–Crippen LogP) is 3.31. The van der Waals surface area contributed by atoms with Crippen molar-refractivity contribution >= 4 is 10.8 Å². The molecule has 0 spiro atoms. The van der Waals surface area contributed by atoms with E-state index in [-0.39, 0.29) is 11.3 Å². The lowest BCUT2D eigenvalue weighted by Gasteiger charge is -2.06. The largest absolute Gasteiger partial charge is 0.254 e. The zero-order chi connectivity index (χ0) is 13.8. The van der Waals surface area contributed by atoms with E-state index in [0.29, 0.717) is 5.56 Å². The highest BCUT2D eigenvalue weighted by Gasteiger charge is 2.09. The summed E-state index contributed by atoms with van der Waals surface area (Å²) in [5.74, 6) is -0.271. The molecule has 2 aromatic carbocycles. The first-order chi connectivity index (χ1) is 9.11. The molecule has 0 aliphatic rings. The van der Waals surface area contributed by atoms with Crippen molar-refractivity contribution < 1.29 is 8.60 Å². The number of nitriles is 1. The van der Waals surface area contributed by atoms with E-state index in [9.17, 15) is 8.60 Å². The highest BCUT2D eigenvalue weighted by atomic mass is 32.2. The number of nitrogens with zero attached hydrogens (tertiary/aromatic N) is 1. The molecule has 0 saturated carbocycles. The van der Waals surface area contributed by atoms with Crippen LogP contribution in [-0.4, -0.2) is 4.21 Å². The summed E-state index contributed by atoms with van der Waals surface area (Å²) in [6.07, 6.45) is 0. The molecule has 1 unspecified atom stereocenters. The second-order valence-corrected chi connectivity index (χ2v) is 5.60. The molecule has 2 rings (SSSR count). The van der Waals surface area contributed by atoms with Crippen LogP contribution >= 0.6 is 0 Å². The van der Waals surface area contributed by atoms with Crippen LogP contribution < -0.4 is 0 Å². The first-order valence-electron chi connectivity index (χ1n) is 5.74. The summed E-state index contributed by atoms with van der Waals surface area (Å²) in [6.45, 7) is 1.90. The molecule has 2 aromatic rings. The van der Waals surface area contributed by atoms with E-state index >= 15 is 0 Å². The van der Waals surface area contributed by atoms with Crippen molar-refractivity contribution in [1.82, 2.24) is 0 Å². The third-order valence-corrected chi connectivity index (χ3v) is 4.33. The highest BCUT2D eigenvalue weighted by molar-refractivity contribution is 7.84. The Kier molecular flexibility index (Phi) is 4.08. The summed E-state index contributed by atoms with van der Waals surface area (Å²) < 4.78 is 25.5. The van der Waals surface area contributed by atoms with Crippen LogP contribution in [0.25, 0.3) is 0 Å². The van der Waals surface area contributed by atoms with Crippen molar-refractivity contribution in [2.24, 2.45) is 0 Å². The maximum atomic E-state index is 13.2. The lowest BCUT2D eigenvalue weighted by Crippen LogP contribution is -1.99. The molecule has 0 aliphatic heterocycles. The Hall–Kier alpha value is -1.99. The molecule has 2 nitrogen and oxygen atoms in total. The van der Waals surface area contributed by atoms with Gasteiger partial charge in [-0.25, -0.2) is 4.39 Å². The molecule has 0 fully saturated rings. The number of rotatable bonds is 3. The molecule has 0 aliphatic carbocycles. The van der Waals surface area contributed by atoms with Crippen molar-refractivity contribution in [3.63, 3.8) is 0 Å². The maximum Gasteiger partial charge on any atom is 0.140 e. The Morgan fingerprint density at radius 2 is 2.00 bits per heavy atom. The predicted molar refractivity (Wildman–Crippen MR) is 72.4 cm³/mol. The summed E-state index contributed by atoms with van der Waals surface area (Å²) in [4.78, 5) is 0.769. The molecule has 0 aromatic heterocycles. The SMILES string of the molecule is Cc1ccccc1S(=O)Cc1ccc(F)c(C#N)c1. The molecule has 0 amide bonds. The number of halogens is 1. The van der Waals surface area contributed by atoms with Gasteiger partial charge in [0.15, 0.2) is 0 Å². The molecular formula is C15H12FNOS. The van der Waals surface area contributed by atoms with Crippen LogP contribution in [0.4, 0.5) is 4.39 Å². The lowest BCUT2D eigenvalue weighted by atomic mass is 10.1. The van der Waals surface area contributed by atoms with Crippen LogP contribution in [0.1, 0.15) is 16.7 Å². The van der Waals surface area contributed by atoms with E-state index in [1.54, 1.807) is 12.1 Å². The van der Waals surface area contributed by atoms with Gasteiger partial charge in [-0.1, -0.05) is 24.3 Å². The lowest BCUT2D eigenvalue weighted by molar-refractivity contribution is 0.623. The van der Waals surface area contributed by atoms with Gasteiger partial charge in [-0.15, -0.1) is 0 Å². The van der Waals surface area contributed by atoms with E-state index in [2.05, 4.69) is 0 Å². The molecule has 0 heterocycles. The summed E-state index contributed by atoms with van der Waals surface area (Å²) in [5.41, 5.74) is 1.64. The van der Waals surface area contributed by atoms with E-state index in [4.69, 9.17) is 5.26 Å². The number of benzene rings is 2. The highest BCUT2D eigenvalue weighted by Crippen LogP contribution is 2.17. The fourth-order valence-corrected chi connectivity index (χ4v) is 3.08. The molecular weight excluding hydrogens is 261 g/mol. The summed E-state index contributed by atoms with van der Waals surface area (Å²) >= 11 is 0. The van der Waals surface area contributed by atoms with Crippen molar-refractivity contribution in [3.05, 3.63) is 65.0 Å². The van der Waals surface area contributed by atoms with Crippen LogP contribution in [0.2, 0.25) is 0 Å². The number of aryl methyl sites for hydroxylation is 1. The Labute approximate surface area is 114 Å². The van der Waals surface area contributed by atoms with Gasteiger partial charge in [-0.3, -0.25) is 4.21 Å². The number of hydrogen-bond acceptors (Lipinski definition) is 2. The second-order valence-electron chi connectivity index (χ2n) is 4.18. The minimum Gasteiger partial charge on any atom is -0.254 e. The van der Waals surface area contributed by atoms with Crippen LogP contribution in [0.15, 0.2) is 47.4 Å². The molecule has 0 bridgehead atoms. The van der Waals surface area contributed by atoms with Gasteiger partial charge in [-0.05, 0) is 36.2 Å². The monoisotopic (exact) mass is 273 g/mol. The van der Waals surface area contributed by atoms with Crippen molar-refractivity contribution in [2.75, 3.05) is 0 Å². The van der Waals surface area contributed by atoms with Gasteiger partial charge in [-0.2, -0.15) is 5.26 Å². The van der Waals surface area contributed by atoms with Crippen molar-refractivity contribution in [3.8, 4) is 6.07 Å². The fourth-order valence-electron chi connectivity index (χ4n) is 1.79. The van der Waals surface area contributed by atoms with Gasteiger partial charge in [0, 0.05) is 4.90 Å². The van der Waals surface area contributed by atoms with Crippen LogP contribution in [0.5, 0.6) is 0 Å². The average Bonchev–Trinajstić information content (AvgIpc) is 2.41. The van der Waals surface area contributed by atoms with Gasteiger partial charge >= 0.3 is 0 Å². The first kappa shape index (κ1) is 13.4. The summed E-state index contributed by atoms with van der Waals surface area (Å²) in [5, 5.41) is 8.77. The van der Waals surface area contributed by atoms with Gasteiger partial charge in [0.2, 0.25) is 0 Å². The molecule has 0 N–H and O–H groups in total. The zero-order valence-corrected chi connectivity index (χ0v) is 11.2. The summed E-state index contributed by atoms with van der Waals surface area (Å²) in [6, 6.07) is 13.5. The Balaban J connectivity index is 2.25. The van der Waals surface area contributed by atoms with E-state index < -0.39 is 16.6 Å². The Bertz CT molecular complexity index is 676.